The van der Waals surface area contributed by atoms with E-state index in [1.54, 1.807) is 20.8 Å². The van der Waals surface area contributed by atoms with E-state index in [2.05, 4.69) is 26.4 Å². The average molecular weight is 358 g/mol. The summed E-state index contributed by atoms with van der Waals surface area (Å²) in [5, 5.41) is 17.9. The van der Waals surface area contributed by atoms with Crippen molar-refractivity contribution >= 4 is 27.3 Å². The molecule has 0 saturated heterocycles. The van der Waals surface area contributed by atoms with E-state index in [1.807, 2.05) is 0 Å². The third-order valence-electron chi connectivity index (χ3n) is 3.13. The Bertz CT molecular complexity index is 683. The SMILES string of the molecule is Cc1noc(C)c1C(C)Nc1cc(F)c(Br)cc1[N+](=O)[O-]. The number of nitro groups is 1. The van der Waals surface area contributed by atoms with Gasteiger partial charge < -0.3 is 9.84 Å². The van der Waals surface area contributed by atoms with Crippen LogP contribution in [-0.4, -0.2) is 10.1 Å². The molecule has 0 aliphatic rings. The van der Waals surface area contributed by atoms with Crippen molar-refractivity contribution in [2.24, 2.45) is 0 Å². The Morgan fingerprint density at radius 3 is 2.67 bits per heavy atom. The molecule has 6 nitrogen and oxygen atoms in total. The molecular weight excluding hydrogens is 345 g/mol. The van der Waals surface area contributed by atoms with Crippen LogP contribution in [0.4, 0.5) is 15.8 Å². The van der Waals surface area contributed by atoms with Gasteiger partial charge >= 0.3 is 0 Å². The monoisotopic (exact) mass is 357 g/mol. The van der Waals surface area contributed by atoms with Crippen molar-refractivity contribution in [3.05, 3.63) is 49.6 Å². The summed E-state index contributed by atoms with van der Waals surface area (Å²) < 4.78 is 18.7. The first-order chi connectivity index (χ1) is 9.81. The van der Waals surface area contributed by atoms with Crippen LogP contribution in [0.2, 0.25) is 0 Å². The van der Waals surface area contributed by atoms with Crippen molar-refractivity contribution in [2.45, 2.75) is 26.8 Å². The molecule has 0 fully saturated rings. The first-order valence-electron chi connectivity index (χ1n) is 6.14. The van der Waals surface area contributed by atoms with Crippen LogP contribution in [0, 0.1) is 29.8 Å². The molecule has 0 amide bonds. The fourth-order valence-corrected chi connectivity index (χ4v) is 2.55. The minimum Gasteiger partial charge on any atom is -0.373 e. The molecule has 0 aliphatic heterocycles. The molecule has 1 atom stereocenters. The summed E-state index contributed by atoms with van der Waals surface area (Å²) in [5.74, 6) is 0.0433. The third-order valence-corrected chi connectivity index (χ3v) is 3.74. The number of nitro benzene ring substituents is 1. The highest BCUT2D eigenvalue weighted by Crippen LogP contribution is 2.34. The number of nitrogens with zero attached hydrogens (tertiary/aromatic N) is 2. The highest BCUT2D eigenvalue weighted by molar-refractivity contribution is 9.10. The number of benzene rings is 1. The van der Waals surface area contributed by atoms with Gasteiger partial charge in [-0.2, -0.15) is 0 Å². The van der Waals surface area contributed by atoms with E-state index in [0.717, 1.165) is 17.7 Å². The summed E-state index contributed by atoms with van der Waals surface area (Å²) in [6.07, 6.45) is 0. The van der Waals surface area contributed by atoms with E-state index in [9.17, 15) is 14.5 Å². The van der Waals surface area contributed by atoms with Crippen LogP contribution in [0.3, 0.4) is 0 Å². The van der Waals surface area contributed by atoms with Crippen molar-refractivity contribution in [1.82, 2.24) is 5.16 Å². The Morgan fingerprint density at radius 2 is 2.14 bits per heavy atom. The number of hydrogen-bond acceptors (Lipinski definition) is 5. The Kier molecular flexibility index (Phi) is 4.26. The zero-order valence-corrected chi connectivity index (χ0v) is 13.2. The molecule has 2 aromatic rings. The highest BCUT2D eigenvalue weighted by atomic mass is 79.9. The standard InChI is InChI=1S/C13H13BrFN3O3/c1-6(13-7(2)17-21-8(13)3)16-11-5-10(15)9(14)4-12(11)18(19)20/h4-6,16H,1-3H3. The van der Waals surface area contributed by atoms with E-state index in [4.69, 9.17) is 4.52 Å². The lowest BCUT2D eigenvalue weighted by atomic mass is 10.1. The summed E-state index contributed by atoms with van der Waals surface area (Å²) in [6, 6.07) is 1.92. The van der Waals surface area contributed by atoms with Crippen LogP contribution in [0.5, 0.6) is 0 Å². The van der Waals surface area contributed by atoms with Gasteiger partial charge in [0.2, 0.25) is 0 Å². The maximum Gasteiger partial charge on any atom is 0.293 e. The predicted octanol–water partition coefficient (Wildman–Crippen LogP) is 4.27. The van der Waals surface area contributed by atoms with Gasteiger partial charge in [-0.15, -0.1) is 0 Å². The first kappa shape index (κ1) is 15.4. The zero-order valence-electron chi connectivity index (χ0n) is 11.6. The minimum absolute atomic E-state index is 0.0461. The molecule has 0 spiro atoms. The van der Waals surface area contributed by atoms with Gasteiger partial charge in [-0.1, -0.05) is 5.16 Å². The van der Waals surface area contributed by atoms with Gasteiger partial charge in [0.05, 0.1) is 21.1 Å². The van der Waals surface area contributed by atoms with E-state index >= 15 is 0 Å². The van der Waals surface area contributed by atoms with E-state index in [1.165, 1.54) is 0 Å². The van der Waals surface area contributed by atoms with Crippen LogP contribution in [-0.2, 0) is 0 Å². The molecule has 0 radical (unpaired) electrons. The van der Waals surface area contributed by atoms with Crippen molar-refractivity contribution in [2.75, 3.05) is 5.32 Å². The van der Waals surface area contributed by atoms with Crippen LogP contribution >= 0.6 is 15.9 Å². The van der Waals surface area contributed by atoms with Crippen LogP contribution in [0.25, 0.3) is 0 Å². The molecule has 1 heterocycles. The number of halogens is 2. The molecule has 1 unspecified atom stereocenters. The lowest BCUT2D eigenvalue weighted by Crippen LogP contribution is -2.10. The van der Waals surface area contributed by atoms with Crippen molar-refractivity contribution in [3.63, 3.8) is 0 Å². The lowest BCUT2D eigenvalue weighted by Gasteiger charge is -2.15. The first-order valence-corrected chi connectivity index (χ1v) is 6.93. The largest absolute Gasteiger partial charge is 0.373 e. The van der Waals surface area contributed by atoms with Gasteiger partial charge in [-0.3, -0.25) is 10.1 Å². The second kappa shape index (κ2) is 5.80. The Morgan fingerprint density at radius 1 is 1.48 bits per heavy atom. The quantitative estimate of drug-likeness (QED) is 0.652. The van der Waals surface area contributed by atoms with Gasteiger partial charge in [0.25, 0.3) is 5.69 Å². The van der Waals surface area contributed by atoms with Crippen molar-refractivity contribution < 1.29 is 13.8 Å². The summed E-state index contributed by atoms with van der Waals surface area (Å²) in [6.45, 7) is 5.33. The highest BCUT2D eigenvalue weighted by Gasteiger charge is 2.22. The smallest absolute Gasteiger partial charge is 0.293 e. The fourth-order valence-electron chi connectivity index (χ4n) is 2.22. The van der Waals surface area contributed by atoms with Crippen LogP contribution in [0.15, 0.2) is 21.1 Å². The topological polar surface area (TPSA) is 81.2 Å². The van der Waals surface area contributed by atoms with Crippen molar-refractivity contribution in [3.8, 4) is 0 Å². The molecule has 21 heavy (non-hydrogen) atoms. The number of rotatable bonds is 4. The number of anilines is 1. The molecule has 0 aliphatic carbocycles. The number of hydrogen-bond donors (Lipinski definition) is 1. The second-order valence-electron chi connectivity index (χ2n) is 4.64. The normalized spacial score (nSPS) is 12.2. The molecular formula is C13H13BrFN3O3. The van der Waals surface area contributed by atoms with Gasteiger partial charge in [0.1, 0.15) is 17.3 Å². The predicted molar refractivity (Wildman–Crippen MR) is 78.8 cm³/mol. The second-order valence-corrected chi connectivity index (χ2v) is 5.50. The van der Waals surface area contributed by atoms with Gasteiger partial charge in [-0.05, 0) is 36.7 Å². The molecule has 2 rings (SSSR count). The number of aromatic nitrogens is 1. The molecule has 1 aromatic heterocycles. The molecule has 0 bridgehead atoms. The maximum atomic E-state index is 13.6. The molecule has 8 heteroatoms. The van der Waals surface area contributed by atoms with E-state index < -0.39 is 10.7 Å². The summed E-state index contributed by atoms with van der Waals surface area (Å²) >= 11 is 2.94. The molecule has 1 N–H and O–H groups in total. The zero-order chi connectivity index (χ0) is 15.7. The third kappa shape index (κ3) is 3.05. The van der Waals surface area contributed by atoms with E-state index in [-0.39, 0.29) is 21.9 Å². The molecule has 1 aromatic carbocycles. The summed E-state index contributed by atoms with van der Waals surface area (Å²) in [4.78, 5) is 10.5. The lowest BCUT2D eigenvalue weighted by molar-refractivity contribution is -0.384. The Hall–Kier alpha value is -1.96. The van der Waals surface area contributed by atoms with Gasteiger partial charge in [0.15, 0.2) is 0 Å². The van der Waals surface area contributed by atoms with Crippen LogP contribution < -0.4 is 5.32 Å². The summed E-state index contributed by atoms with van der Waals surface area (Å²) in [5.41, 5.74) is 1.38. The van der Waals surface area contributed by atoms with E-state index in [0.29, 0.717) is 11.5 Å². The van der Waals surface area contributed by atoms with Crippen LogP contribution in [0.1, 0.15) is 30.0 Å². The minimum atomic E-state index is -0.575. The number of aryl methyl sites for hydroxylation is 2. The fraction of sp³-hybridized carbons (Fsp3) is 0.308. The van der Waals surface area contributed by atoms with Gasteiger partial charge in [0, 0.05) is 17.7 Å². The van der Waals surface area contributed by atoms with Crippen molar-refractivity contribution in [1.29, 1.82) is 0 Å². The maximum absolute atomic E-state index is 13.6. The Balaban J connectivity index is 2.39. The molecule has 112 valence electrons. The molecule has 0 saturated carbocycles. The number of nitrogens with one attached hydrogen (secondary N) is 1. The average Bonchev–Trinajstić information content (AvgIpc) is 2.72. The van der Waals surface area contributed by atoms with Gasteiger partial charge in [-0.25, -0.2) is 4.39 Å². The Labute approximate surface area is 128 Å². The summed E-state index contributed by atoms with van der Waals surface area (Å²) in [7, 11) is 0.